The van der Waals surface area contributed by atoms with Gasteiger partial charge in [-0.1, -0.05) is 0 Å². The zero-order chi connectivity index (χ0) is 15.1. The Kier molecular flexibility index (Phi) is 4.41. The van der Waals surface area contributed by atoms with Crippen LogP contribution in [-0.4, -0.2) is 21.7 Å². The van der Waals surface area contributed by atoms with Crippen LogP contribution in [0.25, 0.3) is 5.69 Å². The van der Waals surface area contributed by atoms with Gasteiger partial charge in [0, 0.05) is 24.1 Å². The molecule has 4 atom stereocenters. The van der Waals surface area contributed by atoms with Crippen LogP contribution in [-0.2, 0) is 4.79 Å². The molecule has 2 aromatic rings. The number of halogens is 1. The van der Waals surface area contributed by atoms with Gasteiger partial charge < -0.3 is 11.1 Å². The SMILES string of the molecule is Cl.NC1C2CCC(C2)C1C(=O)Nc1ccc(-n2cccn2)cc1. The Balaban J connectivity index is 0.00000156. The van der Waals surface area contributed by atoms with Crippen LogP contribution in [0.2, 0.25) is 0 Å². The van der Waals surface area contributed by atoms with E-state index in [0.29, 0.717) is 11.8 Å². The summed E-state index contributed by atoms with van der Waals surface area (Å²) < 4.78 is 1.79. The van der Waals surface area contributed by atoms with Gasteiger partial charge in [-0.25, -0.2) is 4.68 Å². The monoisotopic (exact) mass is 332 g/mol. The highest BCUT2D eigenvalue weighted by atomic mass is 35.5. The summed E-state index contributed by atoms with van der Waals surface area (Å²) in [7, 11) is 0. The van der Waals surface area contributed by atoms with Crippen LogP contribution < -0.4 is 11.1 Å². The Morgan fingerprint density at radius 1 is 1.22 bits per heavy atom. The highest BCUT2D eigenvalue weighted by Gasteiger charge is 2.49. The maximum absolute atomic E-state index is 12.5. The van der Waals surface area contributed by atoms with Crippen molar-refractivity contribution < 1.29 is 4.79 Å². The van der Waals surface area contributed by atoms with Gasteiger partial charge in [0.2, 0.25) is 5.91 Å². The summed E-state index contributed by atoms with van der Waals surface area (Å²) >= 11 is 0. The molecule has 2 fully saturated rings. The minimum atomic E-state index is -0.0236. The Hall–Kier alpha value is -1.85. The molecule has 1 heterocycles. The highest BCUT2D eigenvalue weighted by molar-refractivity contribution is 5.93. The molecule has 23 heavy (non-hydrogen) atoms. The molecule has 0 saturated heterocycles. The lowest BCUT2D eigenvalue weighted by Crippen LogP contribution is -2.42. The lowest BCUT2D eigenvalue weighted by Gasteiger charge is -2.27. The number of carbonyl (C=O) groups excluding carboxylic acids is 1. The number of nitrogens with one attached hydrogen (secondary N) is 1. The van der Waals surface area contributed by atoms with E-state index in [4.69, 9.17) is 5.73 Å². The predicted molar refractivity (Wildman–Crippen MR) is 91.7 cm³/mol. The van der Waals surface area contributed by atoms with E-state index in [0.717, 1.165) is 24.2 Å². The van der Waals surface area contributed by atoms with Gasteiger partial charge >= 0.3 is 0 Å². The Bertz CT molecular complexity index is 668. The number of aromatic nitrogens is 2. The summed E-state index contributed by atoms with van der Waals surface area (Å²) in [6.07, 6.45) is 7.09. The molecule has 0 spiro atoms. The second-order valence-corrected chi connectivity index (χ2v) is 6.42. The summed E-state index contributed by atoms with van der Waals surface area (Å²) in [4.78, 5) is 12.5. The van der Waals surface area contributed by atoms with Crippen molar-refractivity contribution in [2.24, 2.45) is 23.5 Å². The minimum absolute atomic E-state index is 0. The first-order valence-corrected chi connectivity index (χ1v) is 7.89. The number of rotatable bonds is 3. The van der Waals surface area contributed by atoms with Gasteiger partial charge in [0.05, 0.1) is 11.6 Å². The Morgan fingerprint density at radius 2 is 1.96 bits per heavy atom. The molecule has 1 aromatic carbocycles. The van der Waals surface area contributed by atoms with Crippen molar-refractivity contribution in [3.63, 3.8) is 0 Å². The summed E-state index contributed by atoms with van der Waals surface area (Å²) in [5.74, 6) is 1.07. The van der Waals surface area contributed by atoms with Gasteiger partial charge in [-0.2, -0.15) is 5.10 Å². The molecular formula is C17H21ClN4O. The molecule has 0 radical (unpaired) electrons. The minimum Gasteiger partial charge on any atom is -0.327 e. The van der Waals surface area contributed by atoms with Crippen molar-refractivity contribution in [2.45, 2.75) is 25.3 Å². The van der Waals surface area contributed by atoms with E-state index in [2.05, 4.69) is 10.4 Å². The van der Waals surface area contributed by atoms with Crippen molar-refractivity contribution in [3.8, 4) is 5.69 Å². The molecule has 1 aromatic heterocycles. The lowest BCUT2D eigenvalue weighted by atomic mass is 9.84. The Labute approximate surface area is 141 Å². The topological polar surface area (TPSA) is 72.9 Å². The molecule has 0 aliphatic heterocycles. The standard InChI is InChI=1S/C17H20N4O.ClH/c18-16-12-3-2-11(10-12)15(16)17(22)20-13-4-6-14(7-5-13)21-9-1-8-19-21;/h1,4-9,11-12,15-16H,2-3,10,18H2,(H,20,22);1H. The number of hydrogen-bond donors (Lipinski definition) is 2. The Morgan fingerprint density at radius 3 is 2.57 bits per heavy atom. The molecule has 6 heteroatoms. The van der Waals surface area contributed by atoms with Crippen LogP contribution >= 0.6 is 12.4 Å². The van der Waals surface area contributed by atoms with E-state index in [1.807, 2.05) is 36.5 Å². The fraction of sp³-hybridized carbons (Fsp3) is 0.412. The van der Waals surface area contributed by atoms with Gasteiger partial charge in [0.25, 0.3) is 0 Å². The number of fused-ring (bicyclic) bond motifs is 2. The number of amides is 1. The van der Waals surface area contributed by atoms with Crippen molar-refractivity contribution >= 4 is 24.0 Å². The van der Waals surface area contributed by atoms with Gasteiger partial charge in [-0.15, -0.1) is 12.4 Å². The zero-order valence-electron chi connectivity index (χ0n) is 12.8. The maximum atomic E-state index is 12.5. The van der Waals surface area contributed by atoms with Gasteiger partial charge in [-0.05, 0) is 61.4 Å². The molecular weight excluding hydrogens is 312 g/mol. The first-order chi connectivity index (χ1) is 10.7. The second-order valence-electron chi connectivity index (χ2n) is 6.42. The molecule has 2 aliphatic carbocycles. The van der Waals surface area contributed by atoms with Crippen LogP contribution in [0.5, 0.6) is 0 Å². The molecule has 3 N–H and O–H groups in total. The van der Waals surface area contributed by atoms with Crippen LogP contribution in [0, 0.1) is 17.8 Å². The van der Waals surface area contributed by atoms with E-state index in [-0.39, 0.29) is 30.3 Å². The van der Waals surface area contributed by atoms with E-state index in [9.17, 15) is 4.79 Å². The van der Waals surface area contributed by atoms with E-state index >= 15 is 0 Å². The number of nitrogens with zero attached hydrogens (tertiary/aromatic N) is 2. The number of nitrogens with two attached hydrogens (primary N) is 1. The summed E-state index contributed by atoms with van der Waals surface area (Å²) in [6, 6.07) is 9.63. The third-order valence-corrected chi connectivity index (χ3v) is 5.19. The summed E-state index contributed by atoms with van der Waals surface area (Å²) in [5, 5.41) is 7.21. The van der Waals surface area contributed by atoms with Crippen LogP contribution in [0.3, 0.4) is 0 Å². The van der Waals surface area contributed by atoms with Gasteiger partial charge in [-0.3, -0.25) is 4.79 Å². The smallest absolute Gasteiger partial charge is 0.229 e. The number of carbonyl (C=O) groups is 1. The zero-order valence-corrected chi connectivity index (χ0v) is 13.6. The van der Waals surface area contributed by atoms with Crippen molar-refractivity contribution in [3.05, 3.63) is 42.7 Å². The normalized spacial score (nSPS) is 28.4. The third-order valence-electron chi connectivity index (χ3n) is 5.19. The third kappa shape index (κ3) is 2.86. The largest absolute Gasteiger partial charge is 0.327 e. The fourth-order valence-electron chi connectivity index (χ4n) is 4.07. The van der Waals surface area contributed by atoms with Gasteiger partial charge in [0.1, 0.15) is 0 Å². The van der Waals surface area contributed by atoms with Gasteiger partial charge in [0.15, 0.2) is 0 Å². The second kappa shape index (κ2) is 6.34. The molecule has 122 valence electrons. The highest BCUT2D eigenvalue weighted by Crippen LogP contribution is 2.47. The molecule has 4 rings (SSSR count). The molecule has 2 bridgehead atoms. The van der Waals surface area contributed by atoms with Crippen LogP contribution in [0.15, 0.2) is 42.7 Å². The average molecular weight is 333 g/mol. The fourth-order valence-corrected chi connectivity index (χ4v) is 4.07. The first kappa shape index (κ1) is 16.0. The molecule has 2 saturated carbocycles. The number of hydrogen-bond acceptors (Lipinski definition) is 3. The van der Waals surface area contributed by atoms with Crippen molar-refractivity contribution in [2.75, 3.05) is 5.32 Å². The van der Waals surface area contributed by atoms with Crippen LogP contribution in [0.1, 0.15) is 19.3 Å². The molecule has 5 nitrogen and oxygen atoms in total. The summed E-state index contributed by atoms with van der Waals surface area (Å²) in [5.41, 5.74) is 8.02. The first-order valence-electron chi connectivity index (χ1n) is 7.89. The molecule has 4 unspecified atom stereocenters. The quantitative estimate of drug-likeness (QED) is 0.907. The van der Waals surface area contributed by atoms with Crippen molar-refractivity contribution in [1.29, 1.82) is 0 Å². The number of anilines is 1. The lowest BCUT2D eigenvalue weighted by molar-refractivity contribution is -0.121. The van der Waals surface area contributed by atoms with Crippen LogP contribution in [0.4, 0.5) is 5.69 Å². The summed E-state index contributed by atoms with van der Waals surface area (Å²) in [6.45, 7) is 0. The van der Waals surface area contributed by atoms with E-state index in [1.54, 1.807) is 10.9 Å². The van der Waals surface area contributed by atoms with Crippen molar-refractivity contribution in [1.82, 2.24) is 9.78 Å². The molecule has 2 aliphatic rings. The van der Waals surface area contributed by atoms with E-state index in [1.165, 1.54) is 6.42 Å². The number of benzene rings is 1. The maximum Gasteiger partial charge on any atom is 0.229 e. The molecule has 1 amide bonds. The predicted octanol–water partition coefficient (Wildman–Crippen LogP) is 2.61. The average Bonchev–Trinajstić information content (AvgIpc) is 3.25. The van der Waals surface area contributed by atoms with E-state index < -0.39 is 0 Å².